The van der Waals surface area contributed by atoms with E-state index in [2.05, 4.69) is 23.8 Å². The van der Waals surface area contributed by atoms with Gasteiger partial charge in [0.2, 0.25) is 5.71 Å². The van der Waals surface area contributed by atoms with Gasteiger partial charge in [-0.3, -0.25) is 0 Å². The summed E-state index contributed by atoms with van der Waals surface area (Å²) in [6, 6.07) is 0. The van der Waals surface area contributed by atoms with E-state index in [4.69, 9.17) is 4.42 Å². The number of hydrogen-bond acceptors (Lipinski definition) is 3. The molecule has 0 aliphatic rings. The molecule has 0 bridgehead atoms. The maximum absolute atomic E-state index is 5.24. The predicted molar refractivity (Wildman–Crippen MR) is 45.9 cm³/mol. The Balaban J connectivity index is 2.70. The van der Waals surface area contributed by atoms with Gasteiger partial charge in [-0.25, -0.2) is 9.97 Å². The average Bonchev–Trinajstić information content (AvgIpc) is 2.47. The molecule has 0 amide bonds. The van der Waals surface area contributed by atoms with Crippen LogP contribution in [0.15, 0.2) is 23.1 Å². The highest BCUT2D eigenvalue weighted by atomic mass is 16.3. The average molecular weight is 162 g/mol. The summed E-state index contributed by atoms with van der Waals surface area (Å²) >= 11 is 0. The van der Waals surface area contributed by atoms with Crippen molar-refractivity contribution in [2.45, 2.75) is 19.8 Å². The number of rotatable bonds is 1. The topological polar surface area (TPSA) is 38.9 Å². The molecule has 0 saturated carbocycles. The molecule has 0 N–H and O–H groups in total. The van der Waals surface area contributed by atoms with Crippen molar-refractivity contribution in [3.05, 3.63) is 24.2 Å². The van der Waals surface area contributed by atoms with Crippen LogP contribution < -0.4 is 0 Å². The minimum absolute atomic E-state index is 0.433. The van der Waals surface area contributed by atoms with Gasteiger partial charge < -0.3 is 4.42 Å². The Bertz CT molecular complexity index is 392. The van der Waals surface area contributed by atoms with Crippen LogP contribution in [0.5, 0.6) is 0 Å². The van der Waals surface area contributed by atoms with Crippen LogP contribution in [0.25, 0.3) is 11.2 Å². The first-order valence-electron chi connectivity index (χ1n) is 3.97. The summed E-state index contributed by atoms with van der Waals surface area (Å²) < 4.78 is 5.24. The molecule has 0 fully saturated rings. The highest BCUT2D eigenvalue weighted by Crippen LogP contribution is 2.23. The lowest BCUT2D eigenvalue weighted by Crippen LogP contribution is -1.86. The number of nitrogens with zero attached hydrogens (tertiary/aromatic N) is 2. The molecule has 3 heteroatoms. The van der Waals surface area contributed by atoms with Crippen LogP contribution >= 0.6 is 0 Å². The minimum atomic E-state index is 0.433. The van der Waals surface area contributed by atoms with E-state index in [1.54, 1.807) is 18.7 Å². The summed E-state index contributed by atoms with van der Waals surface area (Å²) in [6.45, 7) is 4.22. The smallest absolute Gasteiger partial charge is 0.245 e. The van der Waals surface area contributed by atoms with Gasteiger partial charge in [0.1, 0.15) is 5.52 Å². The van der Waals surface area contributed by atoms with Crippen molar-refractivity contribution in [1.82, 2.24) is 9.97 Å². The van der Waals surface area contributed by atoms with E-state index in [1.807, 2.05) is 0 Å². The Morgan fingerprint density at radius 1 is 1.25 bits per heavy atom. The molecule has 2 rings (SSSR count). The molecule has 0 aliphatic carbocycles. The van der Waals surface area contributed by atoms with E-state index in [0.29, 0.717) is 11.6 Å². The van der Waals surface area contributed by atoms with Crippen molar-refractivity contribution < 1.29 is 4.42 Å². The molecule has 0 aliphatic heterocycles. The molecular formula is C9H10N2O. The Labute approximate surface area is 70.4 Å². The van der Waals surface area contributed by atoms with Crippen molar-refractivity contribution in [1.29, 1.82) is 0 Å². The van der Waals surface area contributed by atoms with E-state index >= 15 is 0 Å². The van der Waals surface area contributed by atoms with Gasteiger partial charge in [-0.1, -0.05) is 13.8 Å². The summed E-state index contributed by atoms with van der Waals surface area (Å²) in [5.41, 5.74) is 2.63. The second-order valence-electron chi connectivity index (χ2n) is 3.06. The van der Waals surface area contributed by atoms with Crippen molar-refractivity contribution in [3.63, 3.8) is 0 Å². The first kappa shape index (κ1) is 7.28. The highest BCUT2D eigenvalue weighted by Gasteiger charge is 2.09. The van der Waals surface area contributed by atoms with Crippen LogP contribution in [0.3, 0.4) is 0 Å². The molecule has 0 spiro atoms. The van der Waals surface area contributed by atoms with Crippen LogP contribution in [-0.4, -0.2) is 9.97 Å². The van der Waals surface area contributed by atoms with Crippen LogP contribution in [0.4, 0.5) is 0 Å². The summed E-state index contributed by atoms with van der Waals surface area (Å²) in [6.07, 6.45) is 5.05. The van der Waals surface area contributed by atoms with Gasteiger partial charge in [0.05, 0.1) is 6.26 Å². The molecule has 0 radical (unpaired) electrons. The maximum atomic E-state index is 5.24. The number of fused-ring (bicyclic) bond motifs is 1. The molecule has 2 aromatic heterocycles. The molecule has 0 saturated heterocycles. The molecule has 2 aromatic rings. The number of furan rings is 1. The fraction of sp³-hybridized carbons (Fsp3) is 0.333. The first-order valence-corrected chi connectivity index (χ1v) is 3.97. The van der Waals surface area contributed by atoms with Crippen molar-refractivity contribution in [2.75, 3.05) is 0 Å². The van der Waals surface area contributed by atoms with Crippen LogP contribution in [0.1, 0.15) is 25.3 Å². The zero-order valence-electron chi connectivity index (χ0n) is 7.11. The monoisotopic (exact) mass is 162 g/mol. The standard InChI is InChI=1S/C9H10N2O/c1-6(2)7-5-12-9-8(7)10-3-4-11-9/h3-6H,1-2H3. The van der Waals surface area contributed by atoms with Gasteiger partial charge in [-0.15, -0.1) is 0 Å². The van der Waals surface area contributed by atoms with Gasteiger partial charge in [0.25, 0.3) is 0 Å². The van der Waals surface area contributed by atoms with Gasteiger partial charge in [0.15, 0.2) is 0 Å². The molecule has 0 aromatic carbocycles. The third-order valence-corrected chi connectivity index (χ3v) is 1.86. The zero-order valence-corrected chi connectivity index (χ0v) is 7.11. The molecule has 0 unspecified atom stereocenters. The maximum Gasteiger partial charge on any atom is 0.245 e. The lowest BCUT2D eigenvalue weighted by atomic mass is 10.1. The van der Waals surface area contributed by atoms with Crippen molar-refractivity contribution >= 4 is 11.2 Å². The van der Waals surface area contributed by atoms with Gasteiger partial charge >= 0.3 is 0 Å². The Morgan fingerprint density at radius 2 is 2.00 bits per heavy atom. The Kier molecular flexibility index (Phi) is 1.57. The normalized spacial score (nSPS) is 11.2. The molecule has 3 nitrogen and oxygen atoms in total. The molecule has 62 valence electrons. The summed E-state index contributed by atoms with van der Waals surface area (Å²) in [7, 11) is 0. The van der Waals surface area contributed by atoms with Gasteiger partial charge in [0, 0.05) is 18.0 Å². The first-order chi connectivity index (χ1) is 5.79. The number of aromatic nitrogens is 2. The lowest BCUT2D eigenvalue weighted by molar-refractivity contribution is 0.594. The third kappa shape index (κ3) is 0.978. The van der Waals surface area contributed by atoms with E-state index in [1.165, 1.54) is 0 Å². The predicted octanol–water partition coefficient (Wildman–Crippen LogP) is 2.35. The second kappa shape index (κ2) is 2.59. The number of hydrogen-bond donors (Lipinski definition) is 0. The summed E-state index contributed by atoms with van der Waals surface area (Å²) in [4.78, 5) is 8.26. The Hall–Kier alpha value is -1.38. The van der Waals surface area contributed by atoms with E-state index in [-0.39, 0.29) is 0 Å². The van der Waals surface area contributed by atoms with E-state index in [0.717, 1.165) is 11.1 Å². The highest BCUT2D eigenvalue weighted by molar-refractivity contribution is 5.72. The lowest BCUT2D eigenvalue weighted by Gasteiger charge is -1.97. The summed E-state index contributed by atoms with van der Waals surface area (Å²) in [5, 5.41) is 0. The van der Waals surface area contributed by atoms with E-state index in [9.17, 15) is 0 Å². The summed E-state index contributed by atoms with van der Waals surface area (Å²) in [5.74, 6) is 0.433. The second-order valence-corrected chi connectivity index (χ2v) is 3.06. The molecular weight excluding hydrogens is 152 g/mol. The van der Waals surface area contributed by atoms with E-state index < -0.39 is 0 Å². The van der Waals surface area contributed by atoms with Gasteiger partial charge in [-0.05, 0) is 5.92 Å². The van der Waals surface area contributed by atoms with Crippen molar-refractivity contribution in [3.8, 4) is 0 Å². The Morgan fingerprint density at radius 3 is 2.75 bits per heavy atom. The van der Waals surface area contributed by atoms with Crippen LogP contribution in [0, 0.1) is 0 Å². The van der Waals surface area contributed by atoms with Crippen LogP contribution in [0.2, 0.25) is 0 Å². The van der Waals surface area contributed by atoms with Crippen LogP contribution in [-0.2, 0) is 0 Å². The quantitative estimate of drug-likeness (QED) is 0.646. The zero-order chi connectivity index (χ0) is 8.55. The van der Waals surface area contributed by atoms with Crippen molar-refractivity contribution in [2.24, 2.45) is 0 Å². The molecule has 0 atom stereocenters. The minimum Gasteiger partial charge on any atom is -0.445 e. The fourth-order valence-electron chi connectivity index (χ4n) is 1.19. The molecule has 12 heavy (non-hydrogen) atoms. The molecule has 2 heterocycles. The largest absolute Gasteiger partial charge is 0.445 e. The third-order valence-electron chi connectivity index (χ3n) is 1.86. The fourth-order valence-corrected chi connectivity index (χ4v) is 1.19. The van der Waals surface area contributed by atoms with Gasteiger partial charge in [-0.2, -0.15) is 0 Å². The SMILES string of the molecule is CC(C)c1coc2nccnc12.